The number of nitrogens with zero attached hydrogens (tertiary/aromatic N) is 1. The van der Waals surface area contributed by atoms with Crippen LogP contribution in [0.1, 0.15) is 43.6 Å². The van der Waals surface area contributed by atoms with Crippen molar-refractivity contribution < 1.29 is 14.3 Å². The van der Waals surface area contributed by atoms with Gasteiger partial charge in [0, 0.05) is 30.3 Å². The van der Waals surface area contributed by atoms with Gasteiger partial charge in [0.05, 0.1) is 13.2 Å². The molecule has 0 spiro atoms. The summed E-state index contributed by atoms with van der Waals surface area (Å²) in [5, 5.41) is 0. The van der Waals surface area contributed by atoms with Crippen LogP contribution < -0.4 is 20.1 Å². The second-order valence-corrected chi connectivity index (χ2v) is 7.43. The van der Waals surface area contributed by atoms with Crippen molar-refractivity contribution in [1.82, 2.24) is 0 Å². The Morgan fingerprint density at radius 3 is 2.48 bits per heavy atom. The number of hydrogen-bond donors (Lipinski definition) is 1. The number of methoxy groups -OCH3 is 1. The normalized spacial score (nSPS) is 20.3. The molecule has 0 aromatic heterocycles. The molecule has 1 saturated heterocycles. The lowest BCUT2D eigenvalue weighted by molar-refractivity contribution is -0.117. The van der Waals surface area contributed by atoms with Gasteiger partial charge in [0.15, 0.2) is 11.5 Å². The van der Waals surface area contributed by atoms with E-state index in [1.165, 1.54) is 12.8 Å². The SMILES string of the molecule is COc1ccc([C@H]2CC(=O)N(c3ccc(N)cc3)C2)cc1OC1CCCC1. The molecule has 2 N–H and O–H groups in total. The molecule has 0 unspecified atom stereocenters. The number of rotatable bonds is 5. The van der Waals surface area contributed by atoms with E-state index in [9.17, 15) is 4.79 Å². The Balaban J connectivity index is 1.54. The van der Waals surface area contributed by atoms with Crippen LogP contribution in [0.25, 0.3) is 0 Å². The summed E-state index contributed by atoms with van der Waals surface area (Å²) < 4.78 is 11.7. The molecule has 27 heavy (non-hydrogen) atoms. The quantitative estimate of drug-likeness (QED) is 0.809. The molecule has 1 saturated carbocycles. The summed E-state index contributed by atoms with van der Waals surface area (Å²) in [7, 11) is 1.67. The average Bonchev–Trinajstić information content (AvgIpc) is 3.32. The fourth-order valence-electron chi connectivity index (χ4n) is 4.06. The second-order valence-electron chi connectivity index (χ2n) is 7.43. The van der Waals surface area contributed by atoms with E-state index in [0.717, 1.165) is 35.6 Å². The molecular formula is C22H26N2O3. The standard InChI is InChI=1S/C22H26N2O3/c1-26-20-11-6-15(12-21(20)27-19-4-2-3-5-19)16-13-22(25)24(14-16)18-9-7-17(23)8-10-18/h6-12,16,19H,2-5,13-14,23H2,1H3/t16-/m0/s1. The summed E-state index contributed by atoms with van der Waals surface area (Å²) in [6.07, 6.45) is 5.41. The van der Waals surface area contributed by atoms with Gasteiger partial charge in [-0.25, -0.2) is 0 Å². The number of benzene rings is 2. The van der Waals surface area contributed by atoms with Crippen molar-refractivity contribution in [1.29, 1.82) is 0 Å². The molecule has 1 amide bonds. The van der Waals surface area contributed by atoms with Crippen LogP contribution in [0.5, 0.6) is 11.5 Å². The third kappa shape index (κ3) is 3.72. The summed E-state index contributed by atoms with van der Waals surface area (Å²) in [6.45, 7) is 0.665. The van der Waals surface area contributed by atoms with Crippen molar-refractivity contribution in [3.8, 4) is 11.5 Å². The number of anilines is 2. The number of hydrogen-bond acceptors (Lipinski definition) is 4. The minimum atomic E-state index is 0.138. The molecule has 2 aliphatic rings. The van der Waals surface area contributed by atoms with Crippen molar-refractivity contribution in [2.24, 2.45) is 0 Å². The molecular weight excluding hydrogens is 340 g/mol. The zero-order valence-corrected chi connectivity index (χ0v) is 15.7. The number of ether oxygens (including phenoxy) is 2. The lowest BCUT2D eigenvalue weighted by atomic mass is 9.98. The van der Waals surface area contributed by atoms with Gasteiger partial charge in [0.2, 0.25) is 5.91 Å². The number of nitrogens with two attached hydrogens (primary N) is 1. The van der Waals surface area contributed by atoms with E-state index < -0.39 is 0 Å². The molecule has 5 nitrogen and oxygen atoms in total. The largest absolute Gasteiger partial charge is 0.493 e. The van der Waals surface area contributed by atoms with Crippen molar-refractivity contribution >= 4 is 17.3 Å². The van der Waals surface area contributed by atoms with Crippen molar-refractivity contribution in [2.45, 2.75) is 44.1 Å². The maximum absolute atomic E-state index is 12.6. The highest BCUT2D eigenvalue weighted by molar-refractivity contribution is 5.96. The summed E-state index contributed by atoms with van der Waals surface area (Å²) in [6, 6.07) is 13.5. The van der Waals surface area contributed by atoms with Gasteiger partial charge in [-0.15, -0.1) is 0 Å². The van der Waals surface area contributed by atoms with Gasteiger partial charge in [0.25, 0.3) is 0 Å². The maximum Gasteiger partial charge on any atom is 0.227 e. The van der Waals surface area contributed by atoms with Crippen molar-refractivity contribution in [3.05, 3.63) is 48.0 Å². The Bertz CT molecular complexity index is 813. The zero-order valence-electron chi connectivity index (χ0n) is 15.7. The first-order valence-corrected chi connectivity index (χ1v) is 9.64. The molecule has 2 fully saturated rings. The fraction of sp³-hybridized carbons (Fsp3) is 0.409. The Kier molecular flexibility index (Phi) is 4.92. The van der Waals surface area contributed by atoms with Gasteiger partial charge < -0.3 is 20.1 Å². The van der Waals surface area contributed by atoms with E-state index in [-0.39, 0.29) is 17.9 Å². The Hall–Kier alpha value is -2.69. The highest BCUT2D eigenvalue weighted by atomic mass is 16.5. The number of nitrogen functional groups attached to an aromatic ring is 1. The van der Waals surface area contributed by atoms with Gasteiger partial charge in [-0.05, 0) is 67.6 Å². The average molecular weight is 366 g/mol. The third-order valence-electron chi connectivity index (χ3n) is 5.58. The summed E-state index contributed by atoms with van der Waals surface area (Å²) >= 11 is 0. The lowest BCUT2D eigenvalue weighted by Crippen LogP contribution is -2.24. The second kappa shape index (κ2) is 7.51. The van der Waals surface area contributed by atoms with E-state index in [4.69, 9.17) is 15.2 Å². The molecule has 1 atom stereocenters. The highest BCUT2D eigenvalue weighted by Crippen LogP contribution is 2.38. The van der Waals surface area contributed by atoms with Gasteiger partial charge in [-0.2, -0.15) is 0 Å². The predicted molar refractivity (Wildman–Crippen MR) is 106 cm³/mol. The first kappa shape index (κ1) is 17.7. The van der Waals surface area contributed by atoms with Gasteiger partial charge in [-0.3, -0.25) is 4.79 Å². The minimum Gasteiger partial charge on any atom is -0.493 e. The van der Waals surface area contributed by atoms with Crippen molar-refractivity contribution in [3.63, 3.8) is 0 Å². The topological polar surface area (TPSA) is 64.8 Å². The van der Waals surface area contributed by atoms with Crippen LogP contribution >= 0.6 is 0 Å². The molecule has 1 heterocycles. The number of carbonyl (C=O) groups excluding carboxylic acids is 1. The predicted octanol–water partition coefficient (Wildman–Crippen LogP) is 4.12. The highest BCUT2D eigenvalue weighted by Gasteiger charge is 2.32. The molecule has 1 aliphatic heterocycles. The minimum absolute atomic E-state index is 0.138. The first-order chi connectivity index (χ1) is 13.1. The first-order valence-electron chi connectivity index (χ1n) is 9.64. The Morgan fingerprint density at radius 1 is 1.04 bits per heavy atom. The van der Waals surface area contributed by atoms with E-state index >= 15 is 0 Å². The molecule has 0 radical (unpaired) electrons. The van der Waals surface area contributed by atoms with Crippen LogP contribution in [-0.2, 0) is 4.79 Å². The maximum atomic E-state index is 12.6. The van der Waals surface area contributed by atoms with E-state index in [1.807, 2.05) is 41.3 Å². The molecule has 142 valence electrons. The fourth-order valence-corrected chi connectivity index (χ4v) is 4.06. The molecule has 1 aliphatic carbocycles. The summed E-state index contributed by atoms with van der Waals surface area (Å²) in [5.41, 5.74) is 8.48. The molecule has 5 heteroatoms. The molecule has 2 aromatic carbocycles. The van der Waals surface area contributed by atoms with Crippen LogP contribution in [0.3, 0.4) is 0 Å². The summed E-state index contributed by atoms with van der Waals surface area (Å²) in [4.78, 5) is 14.4. The van der Waals surface area contributed by atoms with E-state index in [1.54, 1.807) is 7.11 Å². The third-order valence-corrected chi connectivity index (χ3v) is 5.58. The smallest absolute Gasteiger partial charge is 0.227 e. The molecule has 0 bridgehead atoms. The van der Waals surface area contributed by atoms with Crippen molar-refractivity contribution in [2.75, 3.05) is 24.3 Å². The lowest BCUT2D eigenvalue weighted by Gasteiger charge is -2.19. The Morgan fingerprint density at radius 2 is 1.78 bits per heavy atom. The molecule has 4 rings (SSSR count). The monoisotopic (exact) mass is 366 g/mol. The van der Waals surface area contributed by atoms with Gasteiger partial charge >= 0.3 is 0 Å². The summed E-state index contributed by atoms with van der Waals surface area (Å²) in [5.74, 6) is 1.83. The van der Waals surface area contributed by atoms with Crippen LogP contribution in [0.2, 0.25) is 0 Å². The van der Waals surface area contributed by atoms with Gasteiger partial charge in [-0.1, -0.05) is 6.07 Å². The zero-order chi connectivity index (χ0) is 18.8. The van der Waals surface area contributed by atoms with E-state index in [2.05, 4.69) is 6.07 Å². The van der Waals surface area contributed by atoms with Crippen LogP contribution in [0.4, 0.5) is 11.4 Å². The van der Waals surface area contributed by atoms with Crippen LogP contribution in [0, 0.1) is 0 Å². The molecule has 2 aromatic rings. The van der Waals surface area contributed by atoms with Crippen LogP contribution in [-0.4, -0.2) is 25.7 Å². The number of amides is 1. The van der Waals surface area contributed by atoms with Gasteiger partial charge in [0.1, 0.15) is 0 Å². The van der Waals surface area contributed by atoms with Crippen LogP contribution in [0.15, 0.2) is 42.5 Å². The number of carbonyl (C=O) groups is 1. The van der Waals surface area contributed by atoms with E-state index in [0.29, 0.717) is 18.7 Å². The Labute approximate surface area is 160 Å².